The van der Waals surface area contributed by atoms with Gasteiger partial charge in [-0.2, -0.15) is 9.41 Å². The Balaban J connectivity index is 1.73. The fraction of sp³-hybridized carbons (Fsp3) is 0.619. The van der Waals surface area contributed by atoms with Crippen LogP contribution < -0.4 is 5.43 Å². The van der Waals surface area contributed by atoms with Gasteiger partial charge in [-0.05, 0) is 61.6 Å². The Kier molecular flexibility index (Phi) is 6.25. The second kappa shape index (κ2) is 8.33. The molecule has 2 aliphatic rings. The topological polar surface area (TPSA) is 78.8 Å². The summed E-state index contributed by atoms with van der Waals surface area (Å²) < 4.78 is 27.2. The van der Waals surface area contributed by atoms with Crippen molar-refractivity contribution in [2.24, 2.45) is 16.4 Å². The summed E-state index contributed by atoms with van der Waals surface area (Å²) in [6, 6.07) is 6.24. The van der Waals surface area contributed by atoms with Crippen molar-refractivity contribution in [2.75, 3.05) is 13.1 Å². The molecule has 6 nitrogen and oxygen atoms in total. The summed E-state index contributed by atoms with van der Waals surface area (Å²) in [6.45, 7) is 7.72. The monoisotopic (exact) mass is 405 g/mol. The van der Waals surface area contributed by atoms with Gasteiger partial charge in [0.05, 0.1) is 4.90 Å². The van der Waals surface area contributed by atoms with Gasteiger partial charge in [0, 0.05) is 24.4 Å². The fourth-order valence-corrected chi connectivity index (χ4v) is 6.01. The molecule has 1 atom stereocenters. The molecule has 1 saturated carbocycles. The highest BCUT2D eigenvalue weighted by Crippen LogP contribution is 2.36. The maximum Gasteiger partial charge on any atom is 0.271 e. The summed E-state index contributed by atoms with van der Waals surface area (Å²) in [7, 11) is -3.56. The Bertz CT molecular complexity index is 855. The number of nitrogens with one attached hydrogen (secondary N) is 1. The van der Waals surface area contributed by atoms with E-state index in [0.717, 1.165) is 44.2 Å². The molecule has 1 saturated heterocycles. The van der Waals surface area contributed by atoms with E-state index >= 15 is 0 Å². The summed E-state index contributed by atoms with van der Waals surface area (Å²) in [5.74, 6) is 0.164. The van der Waals surface area contributed by atoms with Crippen molar-refractivity contribution < 1.29 is 13.2 Å². The van der Waals surface area contributed by atoms with Crippen molar-refractivity contribution in [3.05, 3.63) is 29.8 Å². The molecule has 0 radical (unpaired) electrons. The van der Waals surface area contributed by atoms with Crippen molar-refractivity contribution in [3.8, 4) is 0 Å². The van der Waals surface area contributed by atoms with Crippen LogP contribution in [0.5, 0.6) is 0 Å². The first-order chi connectivity index (χ1) is 13.2. The number of benzene rings is 1. The molecule has 0 spiro atoms. The lowest BCUT2D eigenvalue weighted by atomic mass is 9.72. The van der Waals surface area contributed by atoms with Gasteiger partial charge < -0.3 is 0 Å². The van der Waals surface area contributed by atoms with Gasteiger partial charge in [0.25, 0.3) is 5.91 Å². The minimum Gasteiger partial charge on any atom is -0.267 e. The molecule has 1 aliphatic heterocycles. The van der Waals surface area contributed by atoms with Crippen LogP contribution in [0.2, 0.25) is 0 Å². The molecule has 154 valence electrons. The summed E-state index contributed by atoms with van der Waals surface area (Å²) >= 11 is 0. The first-order valence-corrected chi connectivity index (χ1v) is 11.6. The van der Waals surface area contributed by atoms with E-state index in [4.69, 9.17) is 0 Å². The van der Waals surface area contributed by atoms with E-state index in [1.165, 1.54) is 10.4 Å². The Morgan fingerprint density at radius 1 is 1.21 bits per heavy atom. The van der Waals surface area contributed by atoms with E-state index in [1.54, 1.807) is 18.2 Å². The van der Waals surface area contributed by atoms with E-state index in [0.29, 0.717) is 24.6 Å². The zero-order chi connectivity index (χ0) is 20.4. The normalized spacial score (nSPS) is 24.8. The van der Waals surface area contributed by atoms with Gasteiger partial charge in [-0.1, -0.05) is 33.3 Å². The van der Waals surface area contributed by atoms with Crippen molar-refractivity contribution in [1.82, 2.24) is 9.73 Å². The number of hydrogen-bond acceptors (Lipinski definition) is 4. The lowest BCUT2D eigenvalue weighted by Gasteiger charge is -2.34. The third-order valence-corrected chi connectivity index (χ3v) is 7.43. The molecule has 1 heterocycles. The number of carbonyl (C=O) groups excluding carboxylic acids is 1. The third kappa shape index (κ3) is 5.00. The highest BCUT2D eigenvalue weighted by molar-refractivity contribution is 7.89. The van der Waals surface area contributed by atoms with Gasteiger partial charge in [-0.3, -0.25) is 4.79 Å². The fourth-order valence-electron chi connectivity index (χ4n) is 4.45. The lowest BCUT2D eigenvalue weighted by molar-refractivity contribution is 0.0953. The van der Waals surface area contributed by atoms with Crippen molar-refractivity contribution in [1.29, 1.82) is 0 Å². The Labute approximate surface area is 168 Å². The van der Waals surface area contributed by atoms with Crippen LogP contribution in [0.15, 0.2) is 34.3 Å². The highest BCUT2D eigenvalue weighted by Gasteiger charge is 2.30. The molecule has 7 heteroatoms. The molecule has 1 amide bonds. The van der Waals surface area contributed by atoms with Crippen LogP contribution in [0.4, 0.5) is 0 Å². The Morgan fingerprint density at radius 3 is 2.61 bits per heavy atom. The van der Waals surface area contributed by atoms with Gasteiger partial charge in [0.2, 0.25) is 10.0 Å². The molecule has 0 bridgehead atoms. The molecule has 1 aromatic carbocycles. The maximum atomic E-state index is 12.8. The van der Waals surface area contributed by atoms with Crippen LogP contribution in [0.25, 0.3) is 0 Å². The second-order valence-corrected chi connectivity index (χ2v) is 10.9. The van der Waals surface area contributed by atoms with E-state index in [2.05, 4.69) is 31.3 Å². The second-order valence-electron chi connectivity index (χ2n) is 8.97. The molecule has 0 unspecified atom stereocenters. The van der Waals surface area contributed by atoms with Gasteiger partial charge in [0.15, 0.2) is 0 Å². The molecule has 1 aromatic rings. The largest absolute Gasteiger partial charge is 0.271 e. The number of piperidine rings is 1. The zero-order valence-electron chi connectivity index (χ0n) is 17.1. The van der Waals surface area contributed by atoms with Gasteiger partial charge in [0.1, 0.15) is 0 Å². The van der Waals surface area contributed by atoms with Crippen LogP contribution in [-0.4, -0.2) is 37.4 Å². The predicted molar refractivity (Wildman–Crippen MR) is 111 cm³/mol. The van der Waals surface area contributed by atoms with Crippen molar-refractivity contribution >= 4 is 21.6 Å². The number of hydrogen-bond donors (Lipinski definition) is 1. The Morgan fingerprint density at radius 2 is 1.93 bits per heavy atom. The number of carbonyl (C=O) groups is 1. The number of sulfonamides is 1. The van der Waals surface area contributed by atoms with Gasteiger partial charge in [-0.15, -0.1) is 0 Å². The van der Waals surface area contributed by atoms with Gasteiger partial charge in [-0.25, -0.2) is 13.8 Å². The molecule has 0 aromatic heterocycles. The zero-order valence-corrected chi connectivity index (χ0v) is 17.9. The van der Waals surface area contributed by atoms with Gasteiger partial charge >= 0.3 is 0 Å². The number of hydrazone groups is 1. The van der Waals surface area contributed by atoms with E-state index in [1.807, 2.05) is 0 Å². The third-order valence-electron chi connectivity index (χ3n) is 5.53. The molecule has 28 heavy (non-hydrogen) atoms. The summed E-state index contributed by atoms with van der Waals surface area (Å²) in [5, 5.41) is 4.34. The molecule has 3 rings (SSSR count). The standard InChI is InChI=1S/C21H31N3O3S/c1-16-12-18(15-21(2,3)14-16)22-23-20(25)17-8-7-9-19(13-17)28(26,27)24-10-5-4-6-11-24/h7-9,13,16H,4-6,10-12,14-15H2,1-3H3,(H,23,25)/b22-18-/t16-/m0/s1. The predicted octanol–water partition coefficient (Wildman–Crippen LogP) is 3.79. The molecule has 1 N–H and O–H groups in total. The van der Waals surface area contributed by atoms with E-state index < -0.39 is 10.0 Å². The molecule has 1 aliphatic carbocycles. The smallest absolute Gasteiger partial charge is 0.267 e. The van der Waals surface area contributed by atoms with Crippen molar-refractivity contribution in [2.45, 2.75) is 64.2 Å². The minimum atomic E-state index is -3.56. The van der Waals surface area contributed by atoms with Crippen LogP contribution in [-0.2, 0) is 10.0 Å². The van der Waals surface area contributed by atoms with Crippen LogP contribution >= 0.6 is 0 Å². The number of rotatable bonds is 4. The SMILES string of the molecule is C[C@H]1C/C(=N/NC(=O)c2cccc(S(=O)(=O)N3CCCCC3)c2)CC(C)(C)C1. The van der Waals surface area contributed by atoms with Crippen LogP contribution in [0.1, 0.15) is 69.7 Å². The summed E-state index contributed by atoms with van der Waals surface area (Å²) in [4.78, 5) is 12.7. The lowest BCUT2D eigenvalue weighted by Crippen LogP contribution is -2.35. The highest BCUT2D eigenvalue weighted by atomic mass is 32.2. The summed E-state index contributed by atoms with van der Waals surface area (Å²) in [5.41, 5.74) is 4.12. The minimum absolute atomic E-state index is 0.169. The quantitative estimate of drug-likeness (QED) is 0.774. The maximum absolute atomic E-state index is 12.8. The Hall–Kier alpha value is -1.73. The average molecular weight is 406 g/mol. The molecule has 2 fully saturated rings. The van der Waals surface area contributed by atoms with E-state index in [9.17, 15) is 13.2 Å². The first kappa shape index (κ1) is 21.0. The number of amides is 1. The number of nitrogens with zero attached hydrogens (tertiary/aromatic N) is 2. The molecular weight excluding hydrogens is 374 g/mol. The average Bonchev–Trinajstić information content (AvgIpc) is 2.65. The van der Waals surface area contributed by atoms with Crippen molar-refractivity contribution in [3.63, 3.8) is 0 Å². The molecular formula is C21H31N3O3S. The summed E-state index contributed by atoms with van der Waals surface area (Å²) in [6.07, 6.45) is 5.71. The van der Waals surface area contributed by atoms with Crippen LogP contribution in [0, 0.1) is 11.3 Å². The van der Waals surface area contributed by atoms with Crippen LogP contribution in [0.3, 0.4) is 0 Å². The first-order valence-electron chi connectivity index (χ1n) is 10.1. The van der Waals surface area contributed by atoms with E-state index in [-0.39, 0.29) is 16.2 Å².